The van der Waals surface area contributed by atoms with Crippen molar-refractivity contribution in [1.29, 1.82) is 0 Å². The minimum Gasteiger partial charge on any atom is -0.378 e. The zero-order chi connectivity index (χ0) is 17.6. The van der Waals surface area contributed by atoms with E-state index < -0.39 is 0 Å². The van der Waals surface area contributed by atoms with E-state index in [0.717, 1.165) is 30.3 Å². The molecule has 0 saturated heterocycles. The first kappa shape index (κ1) is 17.0. The van der Waals surface area contributed by atoms with Crippen LogP contribution in [-0.2, 0) is 11.2 Å². The van der Waals surface area contributed by atoms with Gasteiger partial charge in [0.15, 0.2) is 0 Å². The number of aryl methyl sites for hydroxylation is 1. The van der Waals surface area contributed by atoms with Gasteiger partial charge in [0.2, 0.25) is 10.1 Å². The Hall–Kier alpha value is -1.47. The molecule has 0 radical (unpaired) electrons. The van der Waals surface area contributed by atoms with Gasteiger partial charge in [0.25, 0.3) is 5.56 Å². The topological polar surface area (TPSA) is 59.7 Å². The second-order valence-electron chi connectivity index (χ2n) is 7.26. The summed E-state index contributed by atoms with van der Waals surface area (Å²) in [6, 6.07) is 2.03. The molecule has 0 bridgehead atoms. The molecule has 0 aliphatic heterocycles. The fourth-order valence-corrected chi connectivity index (χ4v) is 5.63. The third-order valence-corrected chi connectivity index (χ3v) is 7.06. The van der Waals surface area contributed by atoms with Crippen molar-refractivity contribution in [2.75, 3.05) is 18.6 Å². The van der Waals surface area contributed by atoms with Gasteiger partial charge in [-0.15, -0.1) is 5.10 Å². The summed E-state index contributed by atoms with van der Waals surface area (Å²) in [6.45, 7) is 4.87. The van der Waals surface area contributed by atoms with Gasteiger partial charge in [0.05, 0.1) is 6.10 Å². The third-order valence-electron chi connectivity index (χ3n) is 6.06. The monoisotopic (exact) mass is 362 g/mol. The molecule has 2 fully saturated rings. The van der Waals surface area contributed by atoms with Crippen molar-refractivity contribution in [3.8, 4) is 0 Å². The Labute approximate surface area is 151 Å². The average Bonchev–Trinajstić information content (AvgIpc) is 3.26. The van der Waals surface area contributed by atoms with Crippen molar-refractivity contribution in [3.63, 3.8) is 0 Å². The molecule has 136 valence electrons. The van der Waals surface area contributed by atoms with Crippen LogP contribution in [0.5, 0.6) is 0 Å². The summed E-state index contributed by atoms with van der Waals surface area (Å²) in [5.41, 5.74) is 1.000. The van der Waals surface area contributed by atoms with Crippen LogP contribution in [0.3, 0.4) is 0 Å². The molecule has 7 heteroatoms. The molecular formula is C18H26N4O2S. The SMILES string of the molecule is CCOC1CC(N(C)c2nn3c(=O)cc(CC)nc3s2)C12CCCC2. The van der Waals surface area contributed by atoms with Crippen molar-refractivity contribution in [3.05, 3.63) is 22.1 Å². The summed E-state index contributed by atoms with van der Waals surface area (Å²) >= 11 is 1.51. The van der Waals surface area contributed by atoms with Crippen LogP contribution in [0.1, 0.15) is 51.6 Å². The first-order chi connectivity index (χ1) is 12.1. The van der Waals surface area contributed by atoms with E-state index >= 15 is 0 Å². The molecule has 2 atom stereocenters. The molecule has 2 unspecified atom stereocenters. The minimum atomic E-state index is -0.0888. The van der Waals surface area contributed by atoms with Crippen LogP contribution in [0.25, 0.3) is 4.96 Å². The van der Waals surface area contributed by atoms with Crippen LogP contribution in [0.2, 0.25) is 0 Å². The molecule has 2 saturated carbocycles. The second kappa shape index (κ2) is 6.36. The predicted molar refractivity (Wildman–Crippen MR) is 99.6 cm³/mol. The molecule has 4 rings (SSSR count). The van der Waals surface area contributed by atoms with E-state index in [2.05, 4.69) is 29.0 Å². The third kappa shape index (κ3) is 2.59. The van der Waals surface area contributed by atoms with Crippen molar-refractivity contribution in [2.24, 2.45) is 5.41 Å². The van der Waals surface area contributed by atoms with E-state index in [-0.39, 0.29) is 11.0 Å². The number of rotatable bonds is 5. The molecule has 2 aromatic heterocycles. The largest absolute Gasteiger partial charge is 0.378 e. The molecule has 2 aliphatic rings. The van der Waals surface area contributed by atoms with Gasteiger partial charge in [-0.05, 0) is 32.6 Å². The quantitative estimate of drug-likeness (QED) is 0.818. The summed E-state index contributed by atoms with van der Waals surface area (Å²) in [5, 5.41) is 5.44. The predicted octanol–water partition coefficient (Wildman–Crippen LogP) is 2.89. The number of aromatic nitrogens is 3. The van der Waals surface area contributed by atoms with E-state index in [9.17, 15) is 4.79 Å². The van der Waals surface area contributed by atoms with Gasteiger partial charge in [-0.3, -0.25) is 4.79 Å². The maximum Gasteiger partial charge on any atom is 0.275 e. The standard InChI is InChI=1S/C18H26N4O2S/c1-4-12-10-15(23)22-16(19-12)25-17(20-22)21(3)13-11-14(24-5-2)18(13)8-6-7-9-18/h10,13-14H,4-9,11H2,1-3H3. The van der Waals surface area contributed by atoms with E-state index in [1.165, 1.54) is 41.5 Å². The van der Waals surface area contributed by atoms with Crippen LogP contribution in [-0.4, -0.2) is 40.4 Å². The Kier molecular flexibility index (Phi) is 4.32. The van der Waals surface area contributed by atoms with Gasteiger partial charge in [0.1, 0.15) is 0 Å². The van der Waals surface area contributed by atoms with Crippen molar-refractivity contribution in [2.45, 2.75) is 64.5 Å². The Balaban J connectivity index is 1.65. The Morgan fingerprint density at radius 1 is 1.40 bits per heavy atom. The lowest BCUT2D eigenvalue weighted by Gasteiger charge is -2.56. The van der Waals surface area contributed by atoms with Gasteiger partial charge in [-0.2, -0.15) is 4.52 Å². The van der Waals surface area contributed by atoms with E-state index in [0.29, 0.717) is 17.1 Å². The van der Waals surface area contributed by atoms with Crippen LogP contribution in [0, 0.1) is 5.41 Å². The molecule has 6 nitrogen and oxygen atoms in total. The zero-order valence-electron chi connectivity index (χ0n) is 15.2. The minimum absolute atomic E-state index is 0.0888. The molecule has 0 aromatic carbocycles. The number of ether oxygens (including phenoxy) is 1. The Morgan fingerprint density at radius 2 is 2.16 bits per heavy atom. The van der Waals surface area contributed by atoms with Gasteiger partial charge in [0, 0.05) is 36.9 Å². The fraction of sp³-hybridized carbons (Fsp3) is 0.722. The summed E-state index contributed by atoms with van der Waals surface area (Å²) in [6.07, 6.45) is 7.21. The van der Waals surface area contributed by atoms with Crippen molar-refractivity contribution in [1.82, 2.24) is 14.6 Å². The lowest BCUT2D eigenvalue weighted by molar-refractivity contribution is -0.121. The number of fused-ring (bicyclic) bond motifs is 1. The van der Waals surface area contributed by atoms with Crippen molar-refractivity contribution >= 4 is 21.4 Å². The van der Waals surface area contributed by atoms with Crippen LogP contribution in [0.4, 0.5) is 5.13 Å². The molecule has 0 amide bonds. The highest BCUT2D eigenvalue weighted by Gasteiger charge is 2.58. The molecule has 2 aliphatic carbocycles. The smallest absolute Gasteiger partial charge is 0.275 e. The summed E-state index contributed by atoms with van der Waals surface area (Å²) in [4.78, 5) is 19.8. The molecule has 0 N–H and O–H groups in total. The second-order valence-corrected chi connectivity index (χ2v) is 8.20. The number of anilines is 1. The van der Waals surface area contributed by atoms with Gasteiger partial charge in [-0.1, -0.05) is 31.1 Å². The highest BCUT2D eigenvalue weighted by atomic mass is 32.1. The normalized spacial score (nSPS) is 24.8. The van der Waals surface area contributed by atoms with Gasteiger partial charge >= 0.3 is 0 Å². The molecule has 1 spiro atoms. The maximum atomic E-state index is 12.3. The zero-order valence-corrected chi connectivity index (χ0v) is 16.0. The number of nitrogens with zero attached hydrogens (tertiary/aromatic N) is 4. The highest BCUT2D eigenvalue weighted by molar-refractivity contribution is 7.20. The molecule has 2 aromatic rings. The lowest BCUT2D eigenvalue weighted by atomic mass is 9.60. The van der Waals surface area contributed by atoms with Gasteiger partial charge < -0.3 is 9.64 Å². The number of hydrogen-bond donors (Lipinski definition) is 0. The maximum absolute atomic E-state index is 12.3. The summed E-state index contributed by atoms with van der Waals surface area (Å²) < 4.78 is 7.47. The lowest BCUT2D eigenvalue weighted by Crippen LogP contribution is -2.63. The first-order valence-corrected chi connectivity index (χ1v) is 10.1. The van der Waals surface area contributed by atoms with Crippen LogP contribution >= 0.6 is 11.3 Å². The van der Waals surface area contributed by atoms with Crippen LogP contribution in [0.15, 0.2) is 10.9 Å². The summed E-state index contributed by atoms with van der Waals surface area (Å²) in [5.74, 6) is 0. The molecular weight excluding hydrogens is 336 g/mol. The first-order valence-electron chi connectivity index (χ1n) is 9.33. The van der Waals surface area contributed by atoms with Crippen molar-refractivity contribution < 1.29 is 4.74 Å². The van der Waals surface area contributed by atoms with E-state index in [1.54, 1.807) is 6.07 Å². The highest BCUT2D eigenvalue weighted by Crippen LogP contribution is 2.57. The van der Waals surface area contributed by atoms with E-state index in [4.69, 9.17) is 4.74 Å². The molecule has 2 heterocycles. The average molecular weight is 362 g/mol. The Bertz CT molecular complexity index is 824. The van der Waals surface area contributed by atoms with E-state index in [1.807, 2.05) is 6.92 Å². The fourth-order valence-electron chi connectivity index (χ4n) is 4.70. The number of hydrogen-bond acceptors (Lipinski definition) is 6. The molecule has 25 heavy (non-hydrogen) atoms. The Morgan fingerprint density at radius 3 is 2.84 bits per heavy atom. The summed E-state index contributed by atoms with van der Waals surface area (Å²) in [7, 11) is 2.11. The van der Waals surface area contributed by atoms with Crippen LogP contribution < -0.4 is 10.5 Å². The van der Waals surface area contributed by atoms with Gasteiger partial charge in [-0.25, -0.2) is 4.98 Å².